The molecule has 0 bridgehead atoms. The zero-order chi connectivity index (χ0) is 26.8. The van der Waals surface area contributed by atoms with Gasteiger partial charge in [0.1, 0.15) is 11.3 Å². The van der Waals surface area contributed by atoms with Crippen LogP contribution in [0.3, 0.4) is 0 Å². The van der Waals surface area contributed by atoms with Crippen LogP contribution in [0.4, 0.5) is 20.2 Å². The van der Waals surface area contributed by atoms with Crippen LogP contribution in [0.5, 0.6) is 0 Å². The lowest BCUT2D eigenvalue weighted by Crippen LogP contribution is -2.46. The fourth-order valence-corrected chi connectivity index (χ4v) is 5.77. The molecule has 0 amide bonds. The van der Waals surface area contributed by atoms with Gasteiger partial charge in [-0.15, -0.1) is 0 Å². The van der Waals surface area contributed by atoms with Gasteiger partial charge in [0.2, 0.25) is 0 Å². The number of anilines is 2. The number of carboxylic acid groups (broad SMARTS) is 1. The first-order valence-corrected chi connectivity index (χ1v) is 13.4. The van der Waals surface area contributed by atoms with E-state index in [4.69, 9.17) is 11.6 Å². The van der Waals surface area contributed by atoms with Crippen molar-refractivity contribution < 1.29 is 18.7 Å². The summed E-state index contributed by atoms with van der Waals surface area (Å²) in [6.45, 7) is 8.57. The van der Waals surface area contributed by atoms with Crippen molar-refractivity contribution in [1.82, 2.24) is 14.7 Å². The number of aromatic carboxylic acids is 1. The highest BCUT2D eigenvalue weighted by atomic mass is 35.5. The van der Waals surface area contributed by atoms with Crippen molar-refractivity contribution in [3.8, 4) is 11.1 Å². The van der Waals surface area contributed by atoms with E-state index in [0.717, 1.165) is 68.7 Å². The molecule has 202 valence electrons. The second-order valence-corrected chi connectivity index (χ2v) is 10.3. The molecule has 2 aliphatic rings. The highest BCUT2D eigenvalue weighted by Gasteiger charge is 2.31. The van der Waals surface area contributed by atoms with Gasteiger partial charge in [0.15, 0.2) is 0 Å². The van der Waals surface area contributed by atoms with Gasteiger partial charge in [0.25, 0.3) is 6.43 Å². The minimum absolute atomic E-state index is 0.378. The number of rotatable bonds is 7. The summed E-state index contributed by atoms with van der Waals surface area (Å²) in [5.41, 5.74) is 3.21. The van der Waals surface area contributed by atoms with Crippen molar-refractivity contribution in [2.24, 2.45) is 0 Å². The Kier molecular flexibility index (Phi) is 7.85. The summed E-state index contributed by atoms with van der Waals surface area (Å²) in [5.74, 6) is -1.40. The smallest absolute Gasteiger partial charge is 0.339 e. The third kappa shape index (κ3) is 5.35. The van der Waals surface area contributed by atoms with E-state index in [1.54, 1.807) is 0 Å². The van der Waals surface area contributed by atoms with Crippen LogP contribution in [-0.2, 0) is 0 Å². The van der Waals surface area contributed by atoms with Gasteiger partial charge in [0.05, 0.1) is 12.2 Å². The van der Waals surface area contributed by atoms with Crippen molar-refractivity contribution in [2.75, 3.05) is 55.6 Å². The van der Waals surface area contributed by atoms with E-state index < -0.39 is 23.7 Å². The molecular formula is C28H32ClF2N5O2. The number of piperidine rings is 1. The Bertz CT molecular complexity index is 1270. The van der Waals surface area contributed by atoms with E-state index >= 15 is 0 Å². The van der Waals surface area contributed by atoms with Crippen molar-refractivity contribution in [2.45, 2.75) is 32.2 Å². The molecule has 3 heterocycles. The molecule has 2 saturated heterocycles. The van der Waals surface area contributed by atoms with Gasteiger partial charge < -0.3 is 19.8 Å². The Morgan fingerprint density at radius 1 is 1.08 bits per heavy atom. The summed E-state index contributed by atoms with van der Waals surface area (Å²) in [6, 6.07) is 13.9. The molecule has 0 spiro atoms. The fourth-order valence-electron chi connectivity index (χ4n) is 5.60. The lowest BCUT2D eigenvalue weighted by atomic mass is 9.99. The minimum Gasteiger partial charge on any atom is -0.478 e. The predicted molar refractivity (Wildman–Crippen MR) is 146 cm³/mol. The Morgan fingerprint density at radius 3 is 2.47 bits per heavy atom. The number of benzene rings is 2. The van der Waals surface area contributed by atoms with Crippen molar-refractivity contribution >= 4 is 28.9 Å². The summed E-state index contributed by atoms with van der Waals surface area (Å²) in [6.07, 6.45) is -0.516. The molecule has 2 fully saturated rings. The van der Waals surface area contributed by atoms with Crippen LogP contribution in [0.25, 0.3) is 11.1 Å². The first-order valence-electron chi connectivity index (χ1n) is 13.1. The van der Waals surface area contributed by atoms with E-state index in [-0.39, 0.29) is 6.04 Å². The molecule has 7 nitrogen and oxygen atoms in total. The topological polar surface area (TPSA) is 64.8 Å². The van der Waals surface area contributed by atoms with Gasteiger partial charge >= 0.3 is 5.97 Å². The molecule has 1 N–H and O–H groups in total. The van der Waals surface area contributed by atoms with Crippen LogP contribution in [0, 0.1) is 0 Å². The zero-order valence-electron chi connectivity index (χ0n) is 21.4. The van der Waals surface area contributed by atoms with Crippen LogP contribution in [0.2, 0.25) is 5.02 Å². The van der Waals surface area contributed by atoms with Crippen LogP contribution < -0.4 is 9.80 Å². The minimum atomic E-state index is -2.93. The normalized spacial score (nSPS) is 18.8. The number of nitrogens with zero attached hydrogens (tertiary/aromatic N) is 5. The Balaban J connectivity index is 1.40. The third-order valence-corrected chi connectivity index (χ3v) is 7.91. The van der Waals surface area contributed by atoms with E-state index in [0.29, 0.717) is 18.0 Å². The average molecular weight is 544 g/mol. The summed E-state index contributed by atoms with van der Waals surface area (Å²) in [4.78, 5) is 18.5. The monoisotopic (exact) mass is 543 g/mol. The van der Waals surface area contributed by atoms with E-state index in [1.807, 2.05) is 18.2 Å². The van der Waals surface area contributed by atoms with E-state index in [1.165, 1.54) is 10.4 Å². The van der Waals surface area contributed by atoms with Gasteiger partial charge in [-0.2, -0.15) is 5.10 Å². The number of carboxylic acids is 1. The summed E-state index contributed by atoms with van der Waals surface area (Å²) >= 11 is 6.41. The summed E-state index contributed by atoms with van der Waals surface area (Å²) in [7, 11) is 0. The fraction of sp³-hybridized carbons (Fsp3) is 0.429. The second kappa shape index (κ2) is 11.3. The lowest BCUT2D eigenvalue weighted by Gasteiger charge is -2.36. The Hall–Kier alpha value is -3.17. The second-order valence-electron chi connectivity index (χ2n) is 9.87. The summed E-state index contributed by atoms with van der Waals surface area (Å²) in [5, 5.41) is 14.0. The van der Waals surface area contributed by atoms with Crippen molar-refractivity contribution in [1.29, 1.82) is 0 Å². The molecule has 3 aromatic rings. The maximum atomic E-state index is 13.8. The molecule has 38 heavy (non-hydrogen) atoms. The number of hydrogen-bond donors (Lipinski definition) is 1. The standard InChI is InChI=1S/C28H32ClF2N5O2/c1-2-33-12-14-34(15-13-33)21-8-5-19(6-9-21)23-10-7-20(29)16-25(23)35-11-3-4-22(18-35)36-26(27(30)31)24(17-32-36)28(37)38/h5-10,16-17,22,27H,2-4,11-15,18H2,1H3,(H,37,38). The quantitative estimate of drug-likeness (QED) is 0.405. The number of aromatic nitrogens is 2. The molecule has 1 aromatic heterocycles. The Labute approximate surface area is 226 Å². The summed E-state index contributed by atoms with van der Waals surface area (Å²) < 4.78 is 28.9. The molecule has 2 aromatic carbocycles. The number of piperazine rings is 1. The van der Waals surface area contributed by atoms with Crippen LogP contribution in [0.1, 0.15) is 48.3 Å². The number of hydrogen-bond acceptors (Lipinski definition) is 5. The molecule has 2 aliphatic heterocycles. The van der Waals surface area contributed by atoms with Gasteiger partial charge in [-0.3, -0.25) is 4.68 Å². The van der Waals surface area contributed by atoms with Gasteiger partial charge in [-0.05, 0) is 49.2 Å². The van der Waals surface area contributed by atoms with E-state index in [9.17, 15) is 18.7 Å². The molecule has 0 saturated carbocycles. The van der Waals surface area contributed by atoms with Crippen LogP contribution in [-0.4, -0.2) is 71.6 Å². The maximum absolute atomic E-state index is 13.8. The molecule has 1 atom stereocenters. The largest absolute Gasteiger partial charge is 0.478 e. The highest BCUT2D eigenvalue weighted by Crippen LogP contribution is 2.38. The van der Waals surface area contributed by atoms with Gasteiger partial charge in [-0.1, -0.05) is 36.7 Å². The molecular weight excluding hydrogens is 512 g/mol. The number of halogens is 3. The molecule has 10 heteroatoms. The average Bonchev–Trinajstić information content (AvgIpc) is 3.40. The van der Waals surface area contributed by atoms with Gasteiger partial charge in [0, 0.05) is 61.2 Å². The van der Waals surface area contributed by atoms with Crippen LogP contribution >= 0.6 is 11.6 Å². The highest BCUT2D eigenvalue weighted by molar-refractivity contribution is 6.31. The molecule has 0 aliphatic carbocycles. The number of carbonyl (C=O) groups is 1. The van der Waals surface area contributed by atoms with E-state index in [2.05, 4.69) is 51.0 Å². The van der Waals surface area contributed by atoms with Crippen molar-refractivity contribution in [3.05, 3.63) is 64.9 Å². The SMILES string of the molecule is CCN1CCN(c2ccc(-c3ccc(Cl)cc3N3CCCC(n4ncc(C(=O)O)c4C(F)F)C3)cc2)CC1. The molecule has 0 radical (unpaired) electrons. The maximum Gasteiger partial charge on any atom is 0.339 e. The first kappa shape index (κ1) is 26.4. The molecule has 5 rings (SSSR count). The first-order chi connectivity index (χ1) is 18.4. The predicted octanol–water partition coefficient (Wildman–Crippen LogP) is 5.82. The zero-order valence-corrected chi connectivity index (χ0v) is 22.1. The number of alkyl halides is 2. The Morgan fingerprint density at radius 2 is 1.82 bits per heavy atom. The number of likely N-dealkylation sites (N-methyl/N-ethyl adjacent to an activating group) is 1. The van der Waals surface area contributed by atoms with Crippen molar-refractivity contribution in [3.63, 3.8) is 0 Å². The third-order valence-electron chi connectivity index (χ3n) is 7.68. The lowest BCUT2D eigenvalue weighted by molar-refractivity contribution is 0.0681. The molecule has 1 unspecified atom stereocenters. The van der Waals surface area contributed by atoms with Crippen LogP contribution in [0.15, 0.2) is 48.7 Å². The van der Waals surface area contributed by atoms with Gasteiger partial charge in [-0.25, -0.2) is 13.6 Å².